The molecule has 1 heterocycles. The van der Waals surface area contributed by atoms with Gasteiger partial charge in [0.2, 0.25) is 5.95 Å². The minimum absolute atomic E-state index is 0.586. The summed E-state index contributed by atoms with van der Waals surface area (Å²) < 4.78 is 5.96. The second-order valence-electron chi connectivity index (χ2n) is 3.75. The molecule has 0 spiro atoms. The van der Waals surface area contributed by atoms with Crippen LogP contribution in [0.4, 0.5) is 11.6 Å². The molecule has 0 saturated heterocycles. The van der Waals surface area contributed by atoms with Crippen molar-refractivity contribution in [2.75, 3.05) is 19.0 Å². The largest absolute Gasteiger partial charge is 0.384 e. The molecule has 0 aliphatic rings. The number of benzene rings is 1. The third-order valence-electron chi connectivity index (χ3n) is 2.46. The third-order valence-corrected chi connectivity index (χ3v) is 2.87. The molecular weight excluding hydrogens is 294 g/mol. The number of hydrogen-bond donors (Lipinski definition) is 1. The van der Waals surface area contributed by atoms with Gasteiger partial charge < -0.3 is 10.1 Å². The number of nitrogens with one attached hydrogen (secondary N) is 1. The van der Waals surface area contributed by atoms with Crippen LogP contribution in [0.3, 0.4) is 0 Å². The third kappa shape index (κ3) is 3.51. The van der Waals surface area contributed by atoms with Crippen LogP contribution in [0.25, 0.3) is 0 Å². The monoisotopic (exact) mass is 307 g/mol. The van der Waals surface area contributed by atoms with Gasteiger partial charge >= 0.3 is 0 Å². The number of rotatable bonds is 5. The average molecular weight is 308 g/mol. The zero-order valence-electron chi connectivity index (χ0n) is 10.1. The Morgan fingerprint density at radius 3 is 2.67 bits per heavy atom. The molecule has 0 aliphatic heterocycles. The van der Waals surface area contributed by atoms with Crippen molar-refractivity contribution < 1.29 is 4.74 Å². The molecule has 0 aliphatic carbocycles. The van der Waals surface area contributed by atoms with Crippen LogP contribution in [0.5, 0.6) is 0 Å². The summed E-state index contributed by atoms with van der Waals surface area (Å²) in [6.07, 6.45) is 4.29. The Morgan fingerprint density at radius 1 is 1.22 bits per heavy atom. The van der Waals surface area contributed by atoms with Gasteiger partial charge in [0.25, 0.3) is 0 Å². The number of ether oxygens (including phenoxy) is 1. The molecule has 1 aromatic carbocycles. The minimum atomic E-state index is 0.586. The van der Waals surface area contributed by atoms with Gasteiger partial charge in [-0.1, -0.05) is 18.2 Å². The highest BCUT2D eigenvalue weighted by Crippen LogP contribution is 2.19. The van der Waals surface area contributed by atoms with Crippen molar-refractivity contribution in [3.8, 4) is 0 Å². The van der Waals surface area contributed by atoms with E-state index in [2.05, 4.69) is 37.3 Å². The van der Waals surface area contributed by atoms with Gasteiger partial charge in [0, 0.05) is 25.2 Å². The number of hydrogen-bond acceptors (Lipinski definition) is 4. The standard InChI is InChI=1S/C13H14BrN3O/c1-18-7-6-10-4-2-3-5-12(10)17-13-15-8-11(14)9-16-13/h2-5,8-9H,6-7H2,1H3,(H,15,16,17). The Kier molecular flexibility index (Phi) is 4.66. The van der Waals surface area contributed by atoms with Crippen LogP contribution in [0, 0.1) is 0 Å². The summed E-state index contributed by atoms with van der Waals surface area (Å²) in [5, 5.41) is 3.21. The van der Waals surface area contributed by atoms with Crippen molar-refractivity contribution in [3.63, 3.8) is 0 Å². The van der Waals surface area contributed by atoms with Crippen LogP contribution in [-0.2, 0) is 11.2 Å². The molecule has 0 fully saturated rings. The summed E-state index contributed by atoms with van der Waals surface area (Å²) in [5.74, 6) is 0.586. The van der Waals surface area contributed by atoms with E-state index in [0.29, 0.717) is 12.6 Å². The lowest BCUT2D eigenvalue weighted by Crippen LogP contribution is -2.02. The topological polar surface area (TPSA) is 47.0 Å². The molecule has 0 radical (unpaired) electrons. The smallest absolute Gasteiger partial charge is 0.227 e. The fraction of sp³-hybridized carbons (Fsp3) is 0.231. The molecule has 0 unspecified atom stereocenters. The maximum atomic E-state index is 5.10. The summed E-state index contributed by atoms with van der Waals surface area (Å²) in [7, 11) is 1.70. The van der Waals surface area contributed by atoms with E-state index in [1.807, 2.05) is 18.2 Å². The first-order chi connectivity index (χ1) is 8.79. The molecule has 1 aromatic heterocycles. The molecule has 94 valence electrons. The quantitative estimate of drug-likeness (QED) is 0.921. The van der Waals surface area contributed by atoms with Crippen LogP contribution in [0.2, 0.25) is 0 Å². The molecule has 4 nitrogen and oxygen atoms in total. The predicted octanol–water partition coefficient (Wildman–Crippen LogP) is 3.17. The maximum absolute atomic E-state index is 5.10. The van der Waals surface area contributed by atoms with Crippen LogP contribution < -0.4 is 5.32 Å². The number of methoxy groups -OCH3 is 1. The fourth-order valence-electron chi connectivity index (χ4n) is 1.57. The molecule has 0 atom stereocenters. The molecule has 0 bridgehead atoms. The molecule has 2 rings (SSSR count). The van der Waals surface area contributed by atoms with E-state index >= 15 is 0 Å². The lowest BCUT2D eigenvalue weighted by atomic mass is 10.1. The highest BCUT2D eigenvalue weighted by atomic mass is 79.9. The molecular formula is C13H14BrN3O. The molecule has 0 saturated carbocycles. The van der Waals surface area contributed by atoms with Crippen molar-refractivity contribution in [1.82, 2.24) is 9.97 Å². The Morgan fingerprint density at radius 2 is 1.94 bits per heavy atom. The highest BCUT2D eigenvalue weighted by Gasteiger charge is 2.03. The number of para-hydroxylation sites is 1. The van der Waals surface area contributed by atoms with Crippen LogP contribution >= 0.6 is 15.9 Å². The first-order valence-electron chi connectivity index (χ1n) is 5.61. The lowest BCUT2D eigenvalue weighted by molar-refractivity contribution is 0.202. The van der Waals surface area contributed by atoms with Crippen molar-refractivity contribution in [2.24, 2.45) is 0 Å². The van der Waals surface area contributed by atoms with Gasteiger partial charge in [-0.2, -0.15) is 0 Å². The van der Waals surface area contributed by atoms with E-state index in [0.717, 1.165) is 16.6 Å². The summed E-state index contributed by atoms with van der Waals surface area (Å²) >= 11 is 3.31. The Labute approximate surface area is 115 Å². The van der Waals surface area contributed by atoms with Gasteiger partial charge in [-0.15, -0.1) is 0 Å². The number of aromatic nitrogens is 2. The van der Waals surface area contributed by atoms with Gasteiger partial charge in [-0.3, -0.25) is 0 Å². The van der Waals surface area contributed by atoms with Gasteiger partial charge in [0.1, 0.15) is 0 Å². The lowest BCUT2D eigenvalue weighted by Gasteiger charge is -2.10. The Balaban J connectivity index is 2.15. The van der Waals surface area contributed by atoms with Gasteiger partial charge in [-0.25, -0.2) is 9.97 Å². The molecule has 5 heteroatoms. The summed E-state index contributed by atoms with van der Waals surface area (Å²) in [6.45, 7) is 0.694. The van der Waals surface area contributed by atoms with E-state index in [-0.39, 0.29) is 0 Å². The summed E-state index contributed by atoms with van der Waals surface area (Å²) in [5.41, 5.74) is 2.20. The van der Waals surface area contributed by atoms with Crippen LogP contribution in [0.1, 0.15) is 5.56 Å². The van der Waals surface area contributed by atoms with Crippen LogP contribution in [0.15, 0.2) is 41.1 Å². The summed E-state index contributed by atoms with van der Waals surface area (Å²) in [4.78, 5) is 8.39. The zero-order chi connectivity index (χ0) is 12.8. The molecule has 2 aromatic rings. The Bertz CT molecular complexity index is 502. The van der Waals surface area contributed by atoms with E-state index in [9.17, 15) is 0 Å². The zero-order valence-corrected chi connectivity index (χ0v) is 11.6. The van der Waals surface area contributed by atoms with Crippen molar-refractivity contribution >= 4 is 27.6 Å². The van der Waals surface area contributed by atoms with Crippen molar-refractivity contribution in [1.29, 1.82) is 0 Å². The second-order valence-corrected chi connectivity index (χ2v) is 4.67. The maximum Gasteiger partial charge on any atom is 0.227 e. The van der Waals surface area contributed by atoms with E-state index in [4.69, 9.17) is 4.74 Å². The Hall–Kier alpha value is -1.46. The van der Waals surface area contributed by atoms with E-state index < -0.39 is 0 Å². The number of halogens is 1. The first kappa shape index (κ1) is 13.0. The van der Waals surface area contributed by atoms with E-state index in [1.54, 1.807) is 19.5 Å². The molecule has 0 amide bonds. The first-order valence-corrected chi connectivity index (χ1v) is 6.40. The highest BCUT2D eigenvalue weighted by molar-refractivity contribution is 9.10. The average Bonchev–Trinajstić information content (AvgIpc) is 2.40. The fourth-order valence-corrected chi connectivity index (χ4v) is 1.77. The van der Waals surface area contributed by atoms with Crippen molar-refractivity contribution in [3.05, 3.63) is 46.7 Å². The minimum Gasteiger partial charge on any atom is -0.384 e. The van der Waals surface area contributed by atoms with Crippen molar-refractivity contribution in [2.45, 2.75) is 6.42 Å². The number of nitrogens with zero attached hydrogens (tertiary/aromatic N) is 2. The SMILES string of the molecule is COCCc1ccccc1Nc1ncc(Br)cn1. The van der Waals surface area contributed by atoms with E-state index in [1.165, 1.54) is 5.56 Å². The normalized spacial score (nSPS) is 10.3. The molecule has 18 heavy (non-hydrogen) atoms. The second kappa shape index (κ2) is 6.47. The van der Waals surface area contributed by atoms with Gasteiger partial charge in [0.15, 0.2) is 0 Å². The van der Waals surface area contributed by atoms with Gasteiger partial charge in [0.05, 0.1) is 11.1 Å². The molecule has 1 N–H and O–H groups in total. The van der Waals surface area contributed by atoms with Crippen LogP contribution in [-0.4, -0.2) is 23.7 Å². The van der Waals surface area contributed by atoms with Gasteiger partial charge in [-0.05, 0) is 34.0 Å². The summed E-state index contributed by atoms with van der Waals surface area (Å²) in [6, 6.07) is 8.08. The predicted molar refractivity (Wildman–Crippen MR) is 75.0 cm³/mol. The number of anilines is 2.